The fourth-order valence-corrected chi connectivity index (χ4v) is 4.16. The summed E-state index contributed by atoms with van der Waals surface area (Å²) in [4.78, 5) is 12.0. The number of nitrogens with zero attached hydrogens (tertiary/aromatic N) is 1. The molecule has 1 atom stereocenters. The van der Waals surface area contributed by atoms with Crippen LogP contribution < -0.4 is 10.0 Å². The Kier molecular flexibility index (Phi) is 7.01. The molecule has 6 nitrogen and oxygen atoms in total. The third-order valence-corrected chi connectivity index (χ3v) is 6.06. The molecule has 30 heavy (non-hydrogen) atoms. The Morgan fingerprint density at radius 1 is 1.10 bits per heavy atom. The molecule has 0 aliphatic heterocycles. The lowest BCUT2D eigenvalue weighted by atomic mass is 9.86. The predicted octanol–water partition coefficient (Wildman–Crippen LogP) is 3.80. The third kappa shape index (κ3) is 5.65. The average molecular weight is 432 g/mol. The van der Waals surface area contributed by atoms with Crippen LogP contribution in [0.2, 0.25) is 0 Å². The van der Waals surface area contributed by atoms with E-state index in [1.165, 1.54) is 6.07 Å². The molecule has 2 aromatic carbocycles. The monoisotopic (exact) mass is 431 g/mol. The number of nitrogens with one attached hydrogen (secondary N) is 2. The normalized spacial score (nSPS) is 13.0. The fourth-order valence-electron chi connectivity index (χ4n) is 2.80. The van der Waals surface area contributed by atoms with Crippen molar-refractivity contribution in [2.45, 2.75) is 57.0 Å². The number of halogens is 1. The minimum absolute atomic E-state index is 0.0516. The van der Waals surface area contributed by atoms with Crippen LogP contribution in [0.3, 0.4) is 0 Å². The molecule has 0 spiro atoms. The molecule has 160 valence electrons. The topological polar surface area (TPSA) is 99.1 Å². The second-order valence-corrected chi connectivity index (χ2v) is 10.0. The summed E-state index contributed by atoms with van der Waals surface area (Å²) in [7, 11) is -4.12. The van der Waals surface area contributed by atoms with Crippen LogP contribution >= 0.6 is 0 Å². The summed E-state index contributed by atoms with van der Waals surface area (Å²) in [5, 5.41) is 12.1. The minimum atomic E-state index is -4.12. The molecule has 0 bridgehead atoms. The first-order valence-corrected chi connectivity index (χ1v) is 11.0. The van der Waals surface area contributed by atoms with E-state index in [2.05, 4.69) is 30.8 Å². The molecule has 0 saturated heterocycles. The number of benzene rings is 2. The summed E-state index contributed by atoms with van der Waals surface area (Å²) < 4.78 is 41.0. The van der Waals surface area contributed by atoms with E-state index >= 15 is 0 Å². The molecule has 2 N–H and O–H groups in total. The smallest absolute Gasteiger partial charge is 0.252 e. The van der Waals surface area contributed by atoms with Gasteiger partial charge < -0.3 is 5.32 Å². The summed E-state index contributed by atoms with van der Waals surface area (Å²) >= 11 is 0. The van der Waals surface area contributed by atoms with Crippen molar-refractivity contribution in [3.8, 4) is 6.07 Å². The van der Waals surface area contributed by atoms with E-state index in [4.69, 9.17) is 0 Å². The van der Waals surface area contributed by atoms with Crippen molar-refractivity contribution in [2.75, 3.05) is 0 Å². The van der Waals surface area contributed by atoms with E-state index in [1.54, 1.807) is 26.0 Å². The number of rotatable bonds is 6. The van der Waals surface area contributed by atoms with Crippen molar-refractivity contribution in [1.82, 2.24) is 10.0 Å². The largest absolute Gasteiger partial charge is 0.333 e. The van der Waals surface area contributed by atoms with Gasteiger partial charge in [-0.05, 0) is 48.6 Å². The number of sulfonamides is 1. The first kappa shape index (κ1) is 23.5. The summed E-state index contributed by atoms with van der Waals surface area (Å²) in [6, 6.07) is 11.0. The highest BCUT2D eigenvalue weighted by Gasteiger charge is 2.23. The SMILES string of the molecule is CC(C)NS(=O)(=O)c1cc(C(=O)NC(C#N)c2ccc(C(C)(C)C)cc2)ccc1F. The molecule has 8 heteroatoms. The zero-order valence-electron chi connectivity index (χ0n) is 17.7. The van der Waals surface area contributed by atoms with Gasteiger partial charge in [-0.25, -0.2) is 17.5 Å². The summed E-state index contributed by atoms with van der Waals surface area (Å²) in [5.74, 6) is -1.64. The maximum atomic E-state index is 14.1. The van der Waals surface area contributed by atoms with Gasteiger partial charge in [-0.3, -0.25) is 4.79 Å². The van der Waals surface area contributed by atoms with Gasteiger partial charge in [0.2, 0.25) is 10.0 Å². The van der Waals surface area contributed by atoms with Gasteiger partial charge in [0, 0.05) is 11.6 Å². The van der Waals surface area contributed by atoms with E-state index in [9.17, 15) is 22.9 Å². The quantitative estimate of drug-likeness (QED) is 0.727. The van der Waals surface area contributed by atoms with Gasteiger partial charge in [-0.15, -0.1) is 0 Å². The standard InChI is InChI=1S/C22H26FN3O3S/c1-14(2)26-30(28,29)20-12-16(8-11-18(20)23)21(27)25-19(13-24)15-6-9-17(10-7-15)22(3,4)5/h6-12,14,19,26H,1-5H3,(H,25,27). The van der Waals surface area contributed by atoms with Crippen LogP contribution in [-0.4, -0.2) is 20.4 Å². The second kappa shape index (κ2) is 8.94. The third-order valence-electron chi connectivity index (χ3n) is 4.39. The van der Waals surface area contributed by atoms with Crippen molar-refractivity contribution in [1.29, 1.82) is 5.26 Å². The van der Waals surface area contributed by atoms with Crippen molar-refractivity contribution < 1.29 is 17.6 Å². The molecule has 0 saturated carbocycles. The van der Waals surface area contributed by atoms with Gasteiger partial charge in [-0.1, -0.05) is 45.0 Å². The van der Waals surface area contributed by atoms with Crippen LogP contribution in [0.5, 0.6) is 0 Å². The van der Waals surface area contributed by atoms with Crippen LogP contribution in [-0.2, 0) is 15.4 Å². The highest BCUT2D eigenvalue weighted by molar-refractivity contribution is 7.89. The van der Waals surface area contributed by atoms with Crippen molar-refractivity contribution in [3.63, 3.8) is 0 Å². The van der Waals surface area contributed by atoms with Gasteiger partial charge in [-0.2, -0.15) is 5.26 Å². The molecule has 0 aliphatic carbocycles. The molecule has 2 rings (SSSR count). The summed E-state index contributed by atoms with van der Waals surface area (Å²) in [6.45, 7) is 9.42. The van der Waals surface area contributed by atoms with Crippen molar-refractivity contribution in [3.05, 3.63) is 65.0 Å². The molecular weight excluding hydrogens is 405 g/mol. The van der Waals surface area contributed by atoms with Gasteiger partial charge >= 0.3 is 0 Å². The molecule has 0 aliphatic rings. The number of carbonyl (C=O) groups is 1. The first-order chi connectivity index (χ1) is 13.8. The van der Waals surface area contributed by atoms with Gasteiger partial charge in [0.25, 0.3) is 5.91 Å². The Morgan fingerprint density at radius 3 is 2.20 bits per heavy atom. The first-order valence-electron chi connectivity index (χ1n) is 9.48. The molecule has 0 radical (unpaired) electrons. The van der Waals surface area contributed by atoms with Crippen LogP contribution in [0, 0.1) is 17.1 Å². The van der Waals surface area contributed by atoms with Crippen LogP contribution in [0.4, 0.5) is 4.39 Å². The van der Waals surface area contributed by atoms with Crippen molar-refractivity contribution in [2.24, 2.45) is 0 Å². The Balaban J connectivity index is 2.28. The molecule has 0 heterocycles. The Hall–Kier alpha value is -2.76. The lowest BCUT2D eigenvalue weighted by molar-refractivity contribution is 0.0945. The van der Waals surface area contributed by atoms with Gasteiger partial charge in [0.05, 0.1) is 6.07 Å². The van der Waals surface area contributed by atoms with E-state index in [1.807, 2.05) is 18.2 Å². The zero-order valence-corrected chi connectivity index (χ0v) is 18.5. The Labute approximate surface area is 177 Å². The average Bonchev–Trinajstić information content (AvgIpc) is 2.64. The summed E-state index contributed by atoms with van der Waals surface area (Å²) in [5.41, 5.74) is 1.56. The maximum absolute atomic E-state index is 14.1. The van der Waals surface area contributed by atoms with E-state index in [0.29, 0.717) is 5.56 Å². The van der Waals surface area contributed by atoms with Crippen LogP contribution in [0.1, 0.15) is 62.1 Å². The Bertz CT molecular complexity index is 1070. The second-order valence-electron chi connectivity index (χ2n) is 8.33. The maximum Gasteiger partial charge on any atom is 0.252 e. The zero-order chi connectivity index (χ0) is 22.7. The predicted molar refractivity (Wildman–Crippen MR) is 113 cm³/mol. The van der Waals surface area contributed by atoms with E-state index in [-0.39, 0.29) is 11.0 Å². The van der Waals surface area contributed by atoms with Gasteiger partial charge in [0.1, 0.15) is 16.8 Å². The summed E-state index contributed by atoms with van der Waals surface area (Å²) in [6.07, 6.45) is 0. The minimum Gasteiger partial charge on any atom is -0.333 e. The fraction of sp³-hybridized carbons (Fsp3) is 0.364. The molecule has 2 aromatic rings. The van der Waals surface area contributed by atoms with E-state index < -0.39 is 38.7 Å². The lowest BCUT2D eigenvalue weighted by Gasteiger charge is -2.20. The number of nitriles is 1. The number of amides is 1. The van der Waals surface area contributed by atoms with Gasteiger partial charge in [0.15, 0.2) is 0 Å². The van der Waals surface area contributed by atoms with E-state index in [0.717, 1.165) is 17.7 Å². The number of carbonyl (C=O) groups excluding carboxylic acids is 1. The van der Waals surface area contributed by atoms with Crippen LogP contribution in [0.25, 0.3) is 0 Å². The highest BCUT2D eigenvalue weighted by atomic mass is 32.2. The van der Waals surface area contributed by atoms with Crippen molar-refractivity contribution >= 4 is 15.9 Å². The number of hydrogen-bond donors (Lipinski definition) is 2. The molecule has 0 aromatic heterocycles. The molecule has 0 fully saturated rings. The van der Waals surface area contributed by atoms with Crippen LogP contribution in [0.15, 0.2) is 47.4 Å². The molecular formula is C22H26FN3O3S. The lowest BCUT2D eigenvalue weighted by Crippen LogP contribution is -2.32. The molecule has 1 unspecified atom stereocenters. The number of hydrogen-bond acceptors (Lipinski definition) is 4. The molecule has 1 amide bonds. The highest BCUT2D eigenvalue weighted by Crippen LogP contribution is 2.24. The Morgan fingerprint density at radius 2 is 1.70 bits per heavy atom.